The number of nitrogens with two attached hydrogens (primary N) is 1. The Balaban J connectivity index is 1.19. The van der Waals surface area contributed by atoms with Crippen LogP contribution in [0.4, 0.5) is 16.2 Å². The van der Waals surface area contributed by atoms with Crippen molar-refractivity contribution < 1.29 is 23.9 Å². The number of pyridine rings is 1. The normalized spacial score (nSPS) is 10.6. The molecule has 2 heterocycles. The number of nitrogens with zero attached hydrogens (tertiary/aromatic N) is 5. The van der Waals surface area contributed by atoms with Crippen molar-refractivity contribution in [2.75, 3.05) is 18.1 Å². The summed E-state index contributed by atoms with van der Waals surface area (Å²) in [6.07, 6.45) is 1.01. The van der Waals surface area contributed by atoms with E-state index < -0.39 is 6.09 Å². The van der Waals surface area contributed by atoms with Crippen molar-refractivity contribution in [1.29, 1.82) is 5.26 Å². The summed E-state index contributed by atoms with van der Waals surface area (Å²) in [4.78, 5) is 30.9. The predicted molar refractivity (Wildman–Crippen MR) is 142 cm³/mol. The molecule has 4 aromatic rings. The number of nitriles is 1. The highest BCUT2D eigenvalue weighted by Gasteiger charge is 2.20. The first-order valence-electron chi connectivity index (χ1n) is 12.1. The quantitative estimate of drug-likeness (QED) is 0.198. The minimum Gasteiger partial charge on any atom is -0.445 e. The van der Waals surface area contributed by atoms with Crippen molar-refractivity contribution in [3.05, 3.63) is 106 Å². The third kappa shape index (κ3) is 7.30. The number of nitrogen functional groups attached to an aromatic ring is 1. The lowest BCUT2D eigenvalue weighted by Gasteiger charge is -2.13. The summed E-state index contributed by atoms with van der Waals surface area (Å²) in [7, 11) is 1.79. The third-order valence-corrected chi connectivity index (χ3v) is 5.76. The van der Waals surface area contributed by atoms with Gasteiger partial charge in [0, 0.05) is 35.6 Å². The summed E-state index contributed by atoms with van der Waals surface area (Å²) >= 11 is 0. The Hall–Kier alpha value is -5.48. The highest BCUT2D eigenvalue weighted by Crippen LogP contribution is 2.18. The maximum atomic E-state index is 12.4. The van der Waals surface area contributed by atoms with Crippen LogP contribution in [0.2, 0.25) is 0 Å². The fourth-order valence-corrected chi connectivity index (χ4v) is 3.66. The molecule has 204 valence electrons. The van der Waals surface area contributed by atoms with Crippen molar-refractivity contribution in [3.63, 3.8) is 0 Å². The maximum absolute atomic E-state index is 12.4. The molecule has 13 nitrogen and oxygen atoms in total. The standard InChI is InChI=1S/C27H26N8O5/c1-34(16-24-25(12-28)35(38)40-33-24)15-21-11-8-19(14-30-21)17-39-27(37)31-13-18-6-9-20(10-7-18)26(36)32-23-5-3-2-4-22(23)29/h2-11,14H,13,15-17,29H2,1H3,(H,31,37)(H,32,36). The van der Waals surface area contributed by atoms with Gasteiger partial charge >= 0.3 is 6.09 Å². The molecule has 0 saturated carbocycles. The third-order valence-electron chi connectivity index (χ3n) is 5.76. The number of rotatable bonds is 10. The van der Waals surface area contributed by atoms with Crippen LogP contribution < -0.4 is 21.3 Å². The van der Waals surface area contributed by atoms with E-state index in [0.717, 1.165) is 11.3 Å². The number of carbonyl (C=O) groups is 2. The molecule has 0 bridgehead atoms. The van der Waals surface area contributed by atoms with Crippen LogP contribution >= 0.6 is 0 Å². The number of anilines is 2. The number of hydrogen-bond donors (Lipinski definition) is 3. The average Bonchev–Trinajstić information content (AvgIpc) is 3.31. The summed E-state index contributed by atoms with van der Waals surface area (Å²) in [5.74, 6) is -0.289. The maximum Gasteiger partial charge on any atom is 0.407 e. The zero-order chi connectivity index (χ0) is 28.5. The van der Waals surface area contributed by atoms with E-state index in [1.165, 1.54) is 0 Å². The van der Waals surface area contributed by atoms with Crippen LogP contribution in [0.3, 0.4) is 0 Å². The predicted octanol–water partition coefficient (Wildman–Crippen LogP) is 2.47. The molecule has 4 rings (SSSR count). The van der Waals surface area contributed by atoms with E-state index in [0.29, 0.717) is 29.0 Å². The van der Waals surface area contributed by atoms with Crippen molar-refractivity contribution in [2.45, 2.75) is 26.2 Å². The lowest BCUT2D eigenvalue weighted by Crippen LogP contribution is -2.27. The summed E-state index contributed by atoms with van der Waals surface area (Å²) in [6.45, 7) is 0.915. The monoisotopic (exact) mass is 542 g/mol. The molecule has 0 aliphatic rings. The Morgan fingerprint density at radius 1 is 1.12 bits per heavy atom. The number of hydrogen-bond acceptors (Lipinski definition) is 10. The van der Waals surface area contributed by atoms with Crippen molar-refractivity contribution in [2.24, 2.45) is 0 Å². The van der Waals surface area contributed by atoms with Gasteiger partial charge in [0.1, 0.15) is 6.61 Å². The fraction of sp³-hybridized carbons (Fsp3) is 0.185. The topological polar surface area (TPSA) is 186 Å². The van der Waals surface area contributed by atoms with Gasteiger partial charge in [-0.15, -0.1) is 0 Å². The highest BCUT2D eigenvalue weighted by atomic mass is 16.8. The second-order valence-corrected chi connectivity index (χ2v) is 8.84. The Morgan fingerprint density at radius 3 is 2.58 bits per heavy atom. The van der Waals surface area contributed by atoms with Crippen LogP contribution in [-0.4, -0.2) is 34.1 Å². The van der Waals surface area contributed by atoms with Gasteiger partial charge in [-0.1, -0.05) is 30.3 Å². The minimum atomic E-state index is -0.596. The summed E-state index contributed by atoms with van der Waals surface area (Å²) in [5.41, 5.74) is 9.62. The number of benzene rings is 2. The van der Waals surface area contributed by atoms with Crippen LogP contribution in [0, 0.1) is 16.5 Å². The first kappa shape index (κ1) is 27.6. The molecule has 40 heavy (non-hydrogen) atoms. The number of amides is 2. The van der Waals surface area contributed by atoms with Gasteiger partial charge in [-0.25, -0.2) is 4.79 Å². The van der Waals surface area contributed by atoms with Gasteiger partial charge in [0.25, 0.3) is 17.3 Å². The van der Waals surface area contributed by atoms with E-state index in [1.807, 2.05) is 4.90 Å². The van der Waals surface area contributed by atoms with Gasteiger partial charge in [0.15, 0.2) is 6.07 Å². The van der Waals surface area contributed by atoms with Crippen molar-refractivity contribution in [3.8, 4) is 6.07 Å². The zero-order valence-electron chi connectivity index (χ0n) is 21.5. The summed E-state index contributed by atoms with van der Waals surface area (Å²) < 4.78 is 9.72. The molecular formula is C27H26N8O5. The molecule has 0 fully saturated rings. The van der Waals surface area contributed by atoms with Gasteiger partial charge in [-0.05, 0) is 47.8 Å². The van der Waals surface area contributed by atoms with Gasteiger partial charge in [0.05, 0.1) is 23.6 Å². The van der Waals surface area contributed by atoms with E-state index in [4.69, 9.17) is 15.7 Å². The number of aromatic nitrogens is 3. The molecule has 2 amide bonds. The Kier molecular flexibility index (Phi) is 8.85. The van der Waals surface area contributed by atoms with Crippen LogP contribution in [0.5, 0.6) is 0 Å². The largest absolute Gasteiger partial charge is 0.445 e. The Labute approximate surface area is 229 Å². The second kappa shape index (κ2) is 12.9. The van der Waals surface area contributed by atoms with E-state index in [-0.39, 0.29) is 41.9 Å². The summed E-state index contributed by atoms with van der Waals surface area (Å²) in [6, 6.07) is 19.2. The first-order chi connectivity index (χ1) is 19.3. The van der Waals surface area contributed by atoms with E-state index in [1.54, 1.807) is 80.0 Å². The van der Waals surface area contributed by atoms with Crippen LogP contribution in [0.1, 0.15) is 38.6 Å². The molecule has 0 atom stereocenters. The number of alkyl carbamates (subject to hydrolysis) is 1. The molecule has 0 saturated heterocycles. The zero-order valence-corrected chi connectivity index (χ0v) is 21.5. The molecule has 0 aliphatic heterocycles. The van der Waals surface area contributed by atoms with Gasteiger partial charge in [-0.3, -0.25) is 19.3 Å². The number of carbonyl (C=O) groups excluding carboxylic acids is 2. The van der Waals surface area contributed by atoms with E-state index in [2.05, 4.69) is 25.4 Å². The molecule has 0 spiro atoms. The molecule has 0 aliphatic carbocycles. The lowest BCUT2D eigenvalue weighted by atomic mass is 10.1. The molecular weight excluding hydrogens is 516 g/mol. The molecule has 4 N–H and O–H groups in total. The minimum absolute atomic E-state index is 0.0324. The number of nitrogens with one attached hydrogen (secondary N) is 2. The lowest BCUT2D eigenvalue weighted by molar-refractivity contribution is -0.804. The average molecular weight is 543 g/mol. The molecule has 13 heteroatoms. The van der Waals surface area contributed by atoms with Crippen LogP contribution in [0.15, 0.2) is 71.5 Å². The number of para-hydroxylation sites is 2. The fourth-order valence-electron chi connectivity index (χ4n) is 3.66. The number of ether oxygens (including phenoxy) is 1. The molecule has 0 radical (unpaired) electrons. The van der Waals surface area contributed by atoms with Crippen LogP contribution in [-0.2, 0) is 31.0 Å². The van der Waals surface area contributed by atoms with Gasteiger partial charge in [0.2, 0.25) is 0 Å². The smallest absolute Gasteiger partial charge is 0.407 e. The van der Waals surface area contributed by atoms with Gasteiger partial charge < -0.3 is 26.3 Å². The molecule has 2 aromatic carbocycles. The SMILES string of the molecule is CN(Cc1ccc(COC(=O)NCc2ccc(C(=O)Nc3ccccc3N)cc2)cn1)Cc1no[n+]([O-])c1C#N. The van der Waals surface area contributed by atoms with E-state index in [9.17, 15) is 14.8 Å². The van der Waals surface area contributed by atoms with Crippen molar-refractivity contribution >= 4 is 23.4 Å². The second-order valence-electron chi connectivity index (χ2n) is 8.84. The molecule has 0 unspecified atom stereocenters. The highest BCUT2D eigenvalue weighted by molar-refractivity contribution is 6.05. The van der Waals surface area contributed by atoms with E-state index >= 15 is 0 Å². The van der Waals surface area contributed by atoms with Crippen LogP contribution in [0.25, 0.3) is 0 Å². The van der Waals surface area contributed by atoms with Gasteiger partial charge in [-0.2, -0.15) is 5.26 Å². The Morgan fingerprint density at radius 2 is 1.88 bits per heavy atom. The molecule has 2 aromatic heterocycles. The summed E-state index contributed by atoms with van der Waals surface area (Å²) in [5, 5.41) is 29.4. The van der Waals surface area contributed by atoms with Crippen molar-refractivity contribution in [1.82, 2.24) is 20.4 Å². The first-order valence-corrected chi connectivity index (χ1v) is 12.1. The Bertz CT molecular complexity index is 1510.